The van der Waals surface area contributed by atoms with E-state index in [1.165, 1.54) is 0 Å². The van der Waals surface area contributed by atoms with Crippen LogP contribution in [0.5, 0.6) is 0 Å². The summed E-state index contributed by atoms with van der Waals surface area (Å²) in [4.78, 5) is 12.3. The van der Waals surface area contributed by atoms with Crippen molar-refractivity contribution in [3.8, 4) is 0 Å². The van der Waals surface area contributed by atoms with Crippen molar-refractivity contribution in [2.45, 2.75) is 4.90 Å². The molecule has 0 fully saturated rings. The lowest BCUT2D eigenvalue weighted by Gasteiger charge is -2.00. The van der Waals surface area contributed by atoms with Gasteiger partial charge in [-0.25, -0.2) is 18.5 Å². The Morgan fingerprint density at radius 3 is 2.43 bits per heavy atom. The van der Waals surface area contributed by atoms with E-state index < -0.39 is 31.3 Å². The molecule has 0 atom stereocenters. The van der Waals surface area contributed by atoms with Crippen LogP contribution < -0.4 is 10.9 Å². The molecule has 9 heteroatoms. The highest BCUT2D eigenvalue weighted by molar-refractivity contribution is 7.89. The molecular formula is C5H6N4O4S. The van der Waals surface area contributed by atoms with Crippen molar-refractivity contribution in [1.29, 1.82) is 0 Å². The van der Waals surface area contributed by atoms with Gasteiger partial charge in [-0.1, -0.05) is 0 Å². The predicted molar refractivity (Wildman–Crippen MR) is 46.7 cm³/mol. The minimum Gasteiger partial charge on any atom is -0.378 e. The second kappa shape index (κ2) is 3.20. The second-order valence-electron chi connectivity index (χ2n) is 2.35. The van der Waals surface area contributed by atoms with Gasteiger partial charge in [-0.05, 0) is 6.07 Å². The highest BCUT2D eigenvalue weighted by Gasteiger charge is 2.26. The molecule has 0 spiro atoms. The van der Waals surface area contributed by atoms with Gasteiger partial charge in [0.05, 0.1) is 4.92 Å². The van der Waals surface area contributed by atoms with Gasteiger partial charge >= 0.3 is 5.69 Å². The molecule has 1 rings (SSSR count). The van der Waals surface area contributed by atoms with E-state index in [4.69, 9.17) is 10.9 Å². The van der Waals surface area contributed by atoms with Crippen LogP contribution >= 0.6 is 0 Å². The Morgan fingerprint density at radius 1 is 1.50 bits per heavy atom. The van der Waals surface area contributed by atoms with Crippen LogP contribution in [0.25, 0.3) is 0 Å². The SMILES string of the molecule is Nc1nccc(S(N)(=O)=O)c1[N+](=O)[O-]. The minimum atomic E-state index is -4.16. The summed E-state index contributed by atoms with van der Waals surface area (Å²) in [5, 5.41) is 15.2. The molecule has 0 amide bonds. The number of hydrogen-bond donors (Lipinski definition) is 2. The number of nitrogens with zero attached hydrogens (tertiary/aromatic N) is 2. The lowest BCUT2D eigenvalue weighted by molar-refractivity contribution is -0.387. The summed E-state index contributed by atoms with van der Waals surface area (Å²) < 4.78 is 21.8. The normalized spacial score (nSPS) is 11.2. The summed E-state index contributed by atoms with van der Waals surface area (Å²) in [6.07, 6.45) is 1.03. The Bertz CT molecular complexity index is 483. The number of pyridine rings is 1. The molecule has 0 saturated heterocycles. The van der Waals surface area contributed by atoms with Gasteiger partial charge in [0.25, 0.3) is 0 Å². The maximum Gasteiger partial charge on any atom is 0.331 e. The topological polar surface area (TPSA) is 142 Å². The van der Waals surface area contributed by atoms with Crippen LogP contribution in [0.2, 0.25) is 0 Å². The molecule has 14 heavy (non-hydrogen) atoms. The van der Waals surface area contributed by atoms with E-state index in [-0.39, 0.29) is 0 Å². The molecule has 76 valence electrons. The Labute approximate surface area is 78.7 Å². The van der Waals surface area contributed by atoms with E-state index in [0.29, 0.717) is 0 Å². The molecule has 0 aliphatic carbocycles. The molecule has 0 aliphatic rings. The fourth-order valence-electron chi connectivity index (χ4n) is 0.865. The van der Waals surface area contributed by atoms with Crippen LogP contribution in [0.3, 0.4) is 0 Å². The zero-order valence-electron chi connectivity index (χ0n) is 6.75. The number of aromatic nitrogens is 1. The van der Waals surface area contributed by atoms with E-state index >= 15 is 0 Å². The maximum absolute atomic E-state index is 10.9. The van der Waals surface area contributed by atoms with Crippen molar-refractivity contribution >= 4 is 21.5 Å². The Morgan fingerprint density at radius 2 is 2.07 bits per heavy atom. The molecule has 0 aromatic carbocycles. The Hall–Kier alpha value is -1.74. The molecule has 0 aliphatic heterocycles. The number of sulfonamides is 1. The van der Waals surface area contributed by atoms with E-state index in [1.54, 1.807) is 0 Å². The van der Waals surface area contributed by atoms with Gasteiger partial charge in [-0.3, -0.25) is 10.1 Å². The highest BCUT2D eigenvalue weighted by atomic mass is 32.2. The summed E-state index contributed by atoms with van der Waals surface area (Å²) in [7, 11) is -4.16. The third-order valence-corrected chi connectivity index (χ3v) is 2.35. The lowest BCUT2D eigenvalue weighted by Crippen LogP contribution is -2.15. The van der Waals surface area contributed by atoms with Crippen LogP contribution in [0, 0.1) is 10.1 Å². The average Bonchev–Trinajstić information content (AvgIpc) is 2.01. The summed E-state index contributed by atoms with van der Waals surface area (Å²) in [5.74, 6) is -0.485. The summed E-state index contributed by atoms with van der Waals surface area (Å²) in [5.41, 5.74) is 4.35. The minimum absolute atomic E-state index is 0.485. The first-order chi connectivity index (χ1) is 6.34. The van der Waals surface area contributed by atoms with E-state index in [1.807, 2.05) is 0 Å². The van der Waals surface area contributed by atoms with Gasteiger partial charge in [0.2, 0.25) is 15.8 Å². The number of anilines is 1. The number of primary sulfonamides is 1. The largest absolute Gasteiger partial charge is 0.378 e. The molecule has 0 unspecified atom stereocenters. The fraction of sp³-hybridized carbons (Fsp3) is 0. The highest BCUT2D eigenvalue weighted by Crippen LogP contribution is 2.26. The summed E-state index contributed by atoms with van der Waals surface area (Å²) in [6, 6.07) is 0.920. The van der Waals surface area contributed by atoms with Crippen molar-refractivity contribution in [1.82, 2.24) is 4.98 Å². The zero-order chi connectivity index (χ0) is 10.9. The number of nitro groups is 1. The lowest BCUT2D eigenvalue weighted by atomic mass is 10.4. The van der Waals surface area contributed by atoms with Crippen molar-refractivity contribution in [3.63, 3.8) is 0 Å². The van der Waals surface area contributed by atoms with Gasteiger partial charge in [-0.2, -0.15) is 0 Å². The van der Waals surface area contributed by atoms with Gasteiger partial charge in [-0.15, -0.1) is 0 Å². The van der Waals surface area contributed by atoms with Crippen LogP contribution in [0.1, 0.15) is 0 Å². The van der Waals surface area contributed by atoms with Gasteiger partial charge in [0.15, 0.2) is 4.90 Å². The molecule has 0 bridgehead atoms. The van der Waals surface area contributed by atoms with Crippen molar-refractivity contribution in [2.75, 3.05) is 5.73 Å². The first-order valence-corrected chi connectivity index (χ1v) is 4.80. The Balaban J connectivity index is 3.61. The standard InChI is InChI=1S/C5H6N4O4S/c6-5-4(9(10)11)3(1-2-8-5)14(7,12)13/h1-2H,(H2,6,8)(H2,7,12,13). The predicted octanol–water partition coefficient (Wildman–Crippen LogP) is -0.781. The smallest absolute Gasteiger partial charge is 0.331 e. The quantitative estimate of drug-likeness (QED) is 0.492. The average molecular weight is 218 g/mol. The van der Waals surface area contributed by atoms with Gasteiger partial charge < -0.3 is 5.73 Å². The first-order valence-electron chi connectivity index (χ1n) is 3.25. The monoisotopic (exact) mass is 218 g/mol. The van der Waals surface area contributed by atoms with Crippen LogP contribution in [0.15, 0.2) is 17.2 Å². The third-order valence-electron chi connectivity index (χ3n) is 1.40. The van der Waals surface area contributed by atoms with E-state index in [9.17, 15) is 18.5 Å². The molecule has 0 saturated carbocycles. The number of nitrogens with two attached hydrogens (primary N) is 2. The molecule has 0 radical (unpaired) electrons. The second-order valence-corrected chi connectivity index (χ2v) is 3.87. The molecular weight excluding hydrogens is 212 g/mol. The molecule has 1 heterocycles. The van der Waals surface area contributed by atoms with Gasteiger partial charge in [0.1, 0.15) is 0 Å². The molecule has 4 N–H and O–H groups in total. The fourth-order valence-corrected chi connectivity index (χ4v) is 1.56. The van der Waals surface area contributed by atoms with Crippen LogP contribution in [0.4, 0.5) is 11.5 Å². The maximum atomic E-state index is 10.9. The zero-order valence-corrected chi connectivity index (χ0v) is 7.56. The van der Waals surface area contributed by atoms with Crippen molar-refractivity contribution in [2.24, 2.45) is 5.14 Å². The van der Waals surface area contributed by atoms with Crippen LogP contribution in [-0.2, 0) is 10.0 Å². The van der Waals surface area contributed by atoms with E-state index in [0.717, 1.165) is 12.3 Å². The number of rotatable bonds is 2. The van der Waals surface area contributed by atoms with E-state index in [2.05, 4.69) is 4.98 Å². The number of hydrogen-bond acceptors (Lipinski definition) is 6. The van der Waals surface area contributed by atoms with Gasteiger partial charge in [0, 0.05) is 6.20 Å². The molecule has 1 aromatic heterocycles. The third kappa shape index (κ3) is 1.78. The number of nitrogen functional groups attached to an aromatic ring is 1. The Kier molecular flexibility index (Phi) is 2.36. The first kappa shape index (κ1) is 10.3. The summed E-state index contributed by atoms with van der Waals surface area (Å²) in [6.45, 7) is 0. The van der Waals surface area contributed by atoms with Crippen molar-refractivity contribution < 1.29 is 13.3 Å². The molecule has 8 nitrogen and oxygen atoms in total. The van der Waals surface area contributed by atoms with Crippen LogP contribution in [-0.4, -0.2) is 18.3 Å². The van der Waals surface area contributed by atoms with Crippen molar-refractivity contribution in [3.05, 3.63) is 22.4 Å². The summed E-state index contributed by atoms with van der Waals surface area (Å²) >= 11 is 0. The molecule has 1 aromatic rings.